The fourth-order valence-corrected chi connectivity index (χ4v) is 4.47. The van der Waals surface area contributed by atoms with E-state index >= 15 is 0 Å². The number of anilines is 1. The Morgan fingerprint density at radius 1 is 1.37 bits per heavy atom. The van der Waals surface area contributed by atoms with Crippen molar-refractivity contribution in [3.05, 3.63) is 27.2 Å². The van der Waals surface area contributed by atoms with Crippen molar-refractivity contribution in [3.8, 4) is 0 Å². The van der Waals surface area contributed by atoms with E-state index in [0.717, 1.165) is 10.4 Å². The van der Waals surface area contributed by atoms with E-state index in [1.807, 2.05) is 13.8 Å². The van der Waals surface area contributed by atoms with Gasteiger partial charge in [-0.05, 0) is 32.4 Å². The molecular weight excluding hydrogens is 306 g/mol. The molecule has 0 spiro atoms. The van der Waals surface area contributed by atoms with Crippen LogP contribution in [0.4, 0.5) is 5.82 Å². The molecule has 2 rings (SSSR count). The highest BCUT2D eigenvalue weighted by Crippen LogP contribution is 2.30. The fraction of sp³-hybridized carbons (Fsp3) is 0.364. The average molecular weight is 320 g/mol. The first-order valence-corrected chi connectivity index (χ1v) is 8.19. The van der Waals surface area contributed by atoms with Gasteiger partial charge in [0.25, 0.3) is 10.0 Å². The molecule has 0 aliphatic heterocycles. The molecule has 0 radical (unpaired) electrons. The number of nitrogens with one attached hydrogen (secondary N) is 1. The summed E-state index contributed by atoms with van der Waals surface area (Å²) in [6, 6.07) is 1.65. The van der Waals surface area contributed by atoms with Crippen LogP contribution in [0.25, 0.3) is 0 Å². The predicted octanol–water partition coefficient (Wildman–Crippen LogP) is 2.86. The van der Waals surface area contributed by atoms with Gasteiger partial charge < -0.3 is 0 Å². The van der Waals surface area contributed by atoms with Crippen LogP contribution < -0.4 is 4.72 Å². The number of rotatable bonds is 3. The van der Waals surface area contributed by atoms with Crippen molar-refractivity contribution in [3.63, 3.8) is 0 Å². The zero-order valence-corrected chi connectivity index (χ0v) is 13.4. The monoisotopic (exact) mass is 319 g/mol. The van der Waals surface area contributed by atoms with Crippen molar-refractivity contribution in [2.24, 2.45) is 7.05 Å². The molecule has 2 aromatic heterocycles. The van der Waals surface area contributed by atoms with Crippen molar-refractivity contribution in [1.82, 2.24) is 9.78 Å². The van der Waals surface area contributed by atoms with E-state index in [0.29, 0.717) is 10.7 Å². The second kappa shape index (κ2) is 4.81. The Kier molecular flexibility index (Phi) is 3.63. The molecule has 0 saturated heterocycles. The highest BCUT2D eigenvalue weighted by molar-refractivity contribution is 7.94. The Hall–Kier alpha value is -1.05. The predicted molar refractivity (Wildman–Crippen MR) is 77.6 cm³/mol. The lowest BCUT2D eigenvalue weighted by Gasteiger charge is -2.06. The number of aryl methyl sites for hydroxylation is 4. The third kappa shape index (κ3) is 2.63. The smallest absolute Gasteiger partial charge is 0.262 e. The molecule has 0 aliphatic carbocycles. The molecule has 0 amide bonds. The maximum atomic E-state index is 12.3. The lowest BCUT2D eigenvalue weighted by molar-refractivity contribution is 0.602. The molecular formula is C11H14ClN3O2S2. The van der Waals surface area contributed by atoms with Gasteiger partial charge in [0.1, 0.15) is 9.23 Å². The lowest BCUT2D eigenvalue weighted by atomic mass is 10.3. The van der Waals surface area contributed by atoms with E-state index in [1.54, 1.807) is 20.0 Å². The molecule has 19 heavy (non-hydrogen) atoms. The van der Waals surface area contributed by atoms with Crippen LogP contribution in [0, 0.1) is 20.8 Å². The average Bonchev–Trinajstić information content (AvgIpc) is 2.76. The van der Waals surface area contributed by atoms with E-state index < -0.39 is 10.0 Å². The van der Waals surface area contributed by atoms with Crippen LogP contribution in [0.3, 0.4) is 0 Å². The Morgan fingerprint density at radius 3 is 2.42 bits per heavy atom. The molecule has 0 bridgehead atoms. The minimum atomic E-state index is -3.62. The summed E-state index contributed by atoms with van der Waals surface area (Å²) in [5, 5.41) is 4.39. The van der Waals surface area contributed by atoms with Gasteiger partial charge in [0.15, 0.2) is 5.82 Å². The molecule has 2 aromatic rings. The summed E-state index contributed by atoms with van der Waals surface area (Å²) >= 11 is 7.27. The SMILES string of the molecule is Cc1cc(S(=O)(=O)Nc2c(Cl)c(C)nn2C)sc1C. The molecule has 0 aromatic carbocycles. The number of hydrogen-bond donors (Lipinski definition) is 1. The normalized spacial score (nSPS) is 11.8. The third-order valence-electron chi connectivity index (χ3n) is 2.79. The third-order valence-corrected chi connectivity index (χ3v) is 6.21. The molecule has 0 saturated carbocycles. The first kappa shape index (κ1) is 14.4. The standard InChI is InChI=1S/C11H14ClN3O2S2/c1-6-5-9(18-8(6)3)19(16,17)14-11-10(12)7(2)13-15(11)4/h5,14H,1-4H3. The largest absolute Gasteiger partial charge is 0.272 e. The van der Waals surface area contributed by atoms with Crippen LogP contribution in [-0.4, -0.2) is 18.2 Å². The minimum absolute atomic E-state index is 0.275. The van der Waals surface area contributed by atoms with Gasteiger partial charge in [-0.2, -0.15) is 5.10 Å². The summed E-state index contributed by atoms with van der Waals surface area (Å²) in [7, 11) is -1.98. The second-order valence-electron chi connectivity index (χ2n) is 4.28. The van der Waals surface area contributed by atoms with E-state index in [2.05, 4.69) is 9.82 Å². The molecule has 104 valence electrons. The van der Waals surface area contributed by atoms with Crippen LogP contribution >= 0.6 is 22.9 Å². The number of halogens is 1. The summed E-state index contributed by atoms with van der Waals surface area (Å²) < 4.78 is 28.7. The molecule has 0 unspecified atom stereocenters. The van der Waals surface area contributed by atoms with Crippen molar-refractivity contribution in [2.45, 2.75) is 25.0 Å². The van der Waals surface area contributed by atoms with Gasteiger partial charge in [-0.3, -0.25) is 9.40 Å². The summed E-state index contributed by atoms with van der Waals surface area (Å²) in [4.78, 5) is 0.979. The van der Waals surface area contributed by atoms with Crippen LogP contribution in [-0.2, 0) is 17.1 Å². The van der Waals surface area contributed by atoms with E-state index in [-0.39, 0.29) is 10.0 Å². The Balaban J connectivity index is 2.42. The molecule has 0 fully saturated rings. The summed E-state index contributed by atoms with van der Waals surface area (Å²) in [6.45, 7) is 5.49. The number of nitrogens with zero attached hydrogens (tertiary/aromatic N) is 2. The van der Waals surface area contributed by atoms with Gasteiger partial charge in [-0.25, -0.2) is 8.42 Å². The molecule has 0 atom stereocenters. The number of thiophene rings is 1. The van der Waals surface area contributed by atoms with Gasteiger partial charge in [0.2, 0.25) is 0 Å². The molecule has 8 heteroatoms. The maximum absolute atomic E-state index is 12.3. The first-order valence-electron chi connectivity index (χ1n) is 5.51. The van der Waals surface area contributed by atoms with Gasteiger partial charge in [0, 0.05) is 11.9 Å². The summed E-state index contributed by atoms with van der Waals surface area (Å²) in [6.07, 6.45) is 0. The molecule has 5 nitrogen and oxygen atoms in total. The number of sulfonamides is 1. The van der Waals surface area contributed by atoms with Gasteiger partial charge in [-0.15, -0.1) is 11.3 Å². The highest BCUT2D eigenvalue weighted by Gasteiger charge is 2.22. The van der Waals surface area contributed by atoms with Gasteiger partial charge in [0.05, 0.1) is 5.69 Å². The van der Waals surface area contributed by atoms with E-state index in [9.17, 15) is 8.42 Å². The van der Waals surface area contributed by atoms with Gasteiger partial charge in [-0.1, -0.05) is 11.6 Å². The zero-order chi connectivity index (χ0) is 14.4. The molecule has 2 heterocycles. The Morgan fingerprint density at radius 2 is 2.00 bits per heavy atom. The van der Waals surface area contributed by atoms with Crippen LogP contribution in [0.2, 0.25) is 5.02 Å². The van der Waals surface area contributed by atoms with Crippen LogP contribution in [0.1, 0.15) is 16.1 Å². The minimum Gasteiger partial charge on any atom is -0.262 e. The van der Waals surface area contributed by atoms with Crippen LogP contribution in [0.15, 0.2) is 10.3 Å². The molecule has 0 aliphatic rings. The highest BCUT2D eigenvalue weighted by atomic mass is 35.5. The topological polar surface area (TPSA) is 64.0 Å². The Bertz CT molecular complexity index is 712. The zero-order valence-electron chi connectivity index (χ0n) is 11.0. The first-order chi connectivity index (χ1) is 8.72. The Labute approximate surface area is 121 Å². The van der Waals surface area contributed by atoms with E-state index in [1.165, 1.54) is 16.0 Å². The van der Waals surface area contributed by atoms with Gasteiger partial charge >= 0.3 is 0 Å². The lowest BCUT2D eigenvalue weighted by Crippen LogP contribution is -2.14. The van der Waals surface area contributed by atoms with Crippen molar-refractivity contribution >= 4 is 38.8 Å². The summed E-state index contributed by atoms with van der Waals surface area (Å²) in [5.74, 6) is 0.280. The van der Waals surface area contributed by atoms with Crippen molar-refractivity contribution in [2.75, 3.05) is 4.72 Å². The number of aromatic nitrogens is 2. The second-order valence-corrected chi connectivity index (χ2v) is 7.83. The fourth-order valence-electron chi connectivity index (χ4n) is 1.59. The molecule has 1 N–H and O–H groups in total. The van der Waals surface area contributed by atoms with Crippen molar-refractivity contribution < 1.29 is 8.42 Å². The quantitative estimate of drug-likeness (QED) is 0.946. The maximum Gasteiger partial charge on any atom is 0.272 e. The van der Waals surface area contributed by atoms with Crippen LogP contribution in [0.5, 0.6) is 0 Å². The van der Waals surface area contributed by atoms with Crippen molar-refractivity contribution in [1.29, 1.82) is 0 Å². The van der Waals surface area contributed by atoms with E-state index in [4.69, 9.17) is 11.6 Å². The summed E-state index contributed by atoms with van der Waals surface area (Å²) in [5.41, 5.74) is 1.54. The number of hydrogen-bond acceptors (Lipinski definition) is 4.